The molecule has 0 aromatic heterocycles. The van der Waals surface area contributed by atoms with Gasteiger partial charge in [0, 0.05) is 13.5 Å². The first-order valence-electron chi connectivity index (χ1n) is 7.55. The number of aliphatic hydroxyl groups is 1. The lowest BCUT2D eigenvalue weighted by Crippen LogP contribution is -2.48. The van der Waals surface area contributed by atoms with Gasteiger partial charge < -0.3 is 15.1 Å². The van der Waals surface area contributed by atoms with Crippen molar-refractivity contribution in [2.45, 2.75) is 70.9 Å². The Kier molecular flexibility index (Phi) is 5.99. The van der Waals surface area contributed by atoms with Crippen molar-refractivity contribution in [1.82, 2.24) is 4.90 Å². The summed E-state index contributed by atoms with van der Waals surface area (Å²) in [7, 11) is 1.68. The summed E-state index contributed by atoms with van der Waals surface area (Å²) in [5, 5.41) is 19.4. The number of rotatable bonds is 6. The molecular formula is C15H27NO4. The molecule has 5 heteroatoms. The van der Waals surface area contributed by atoms with Gasteiger partial charge in [-0.3, -0.25) is 9.59 Å². The highest BCUT2D eigenvalue weighted by molar-refractivity contribution is 5.85. The molecule has 1 rings (SSSR count). The van der Waals surface area contributed by atoms with Gasteiger partial charge in [0.15, 0.2) is 0 Å². The van der Waals surface area contributed by atoms with E-state index in [4.69, 9.17) is 0 Å². The molecular weight excluding hydrogens is 258 g/mol. The Labute approximate surface area is 121 Å². The number of nitrogens with zero attached hydrogens (tertiary/aromatic N) is 1. The molecule has 0 aromatic rings. The third-order valence-electron chi connectivity index (χ3n) is 4.88. The van der Waals surface area contributed by atoms with Crippen molar-refractivity contribution in [1.29, 1.82) is 0 Å². The quantitative estimate of drug-likeness (QED) is 0.782. The molecule has 5 nitrogen and oxygen atoms in total. The van der Waals surface area contributed by atoms with Crippen LogP contribution in [0.25, 0.3) is 0 Å². The van der Waals surface area contributed by atoms with Gasteiger partial charge in [-0.1, -0.05) is 26.7 Å². The zero-order chi connectivity index (χ0) is 15.3. The molecule has 2 unspecified atom stereocenters. The Morgan fingerprint density at radius 2 is 1.75 bits per heavy atom. The van der Waals surface area contributed by atoms with E-state index >= 15 is 0 Å². The molecule has 0 bridgehead atoms. The summed E-state index contributed by atoms with van der Waals surface area (Å²) in [5.41, 5.74) is -0.981. The Balaban J connectivity index is 2.75. The molecule has 1 aliphatic rings. The van der Waals surface area contributed by atoms with E-state index in [9.17, 15) is 19.8 Å². The van der Waals surface area contributed by atoms with Gasteiger partial charge >= 0.3 is 5.97 Å². The maximum absolute atomic E-state index is 12.4. The molecule has 1 amide bonds. The van der Waals surface area contributed by atoms with E-state index in [2.05, 4.69) is 0 Å². The van der Waals surface area contributed by atoms with Crippen LogP contribution in [0.5, 0.6) is 0 Å². The number of aliphatic hydroxyl groups excluding tert-OH is 1. The van der Waals surface area contributed by atoms with Crippen molar-refractivity contribution in [3.05, 3.63) is 0 Å². The molecule has 0 saturated heterocycles. The predicted octanol–water partition coefficient (Wildman–Crippen LogP) is 2.03. The summed E-state index contributed by atoms with van der Waals surface area (Å²) in [4.78, 5) is 25.4. The van der Waals surface area contributed by atoms with Gasteiger partial charge in [0.05, 0.1) is 17.6 Å². The monoisotopic (exact) mass is 285 g/mol. The second-order valence-corrected chi connectivity index (χ2v) is 5.89. The summed E-state index contributed by atoms with van der Waals surface area (Å²) in [6.07, 6.45) is 3.90. The Bertz CT molecular complexity index is 352. The van der Waals surface area contributed by atoms with Crippen LogP contribution in [0.4, 0.5) is 0 Å². The molecule has 2 N–H and O–H groups in total. The number of aliphatic carboxylic acids is 1. The molecule has 1 aliphatic carbocycles. The third kappa shape index (κ3) is 3.51. The number of carbonyl (C=O) groups is 2. The van der Waals surface area contributed by atoms with Crippen molar-refractivity contribution < 1.29 is 19.8 Å². The van der Waals surface area contributed by atoms with Gasteiger partial charge in [-0.05, 0) is 25.7 Å². The second kappa shape index (κ2) is 7.07. The summed E-state index contributed by atoms with van der Waals surface area (Å²) in [6, 6.07) is -0.170. The van der Waals surface area contributed by atoms with Crippen LogP contribution in [-0.2, 0) is 9.59 Å². The summed E-state index contributed by atoms with van der Waals surface area (Å²) < 4.78 is 0. The van der Waals surface area contributed by atoms with E-state index in [1.54, 1.807) is 25.8 Å². The Morgan fingerprint density at radius 3 is 2.20 bits per heavy atom. The van der Waals surface area contributed by atoms with Crippen LogP contribution in [-0.4, -0.2) is 46.2 Å². The van der Waals surface area contributed by atoms with E-state index in [0.29, 0.717) is 19.3 Å². The van der Waals surface area contributed by atoms with Gasteiger partial charge in [0.25, 0.3) is 0 Å². The molecule has 1 saturated carbocycles. The summed E-state index contributed by atoms with van der Waals surface area (Å²) >= 11 is 0. The van der Waals surface area contributed by atoms with Gasteiger partial charge in [-0.2, -0.15) is 0 Å². The van der Waals surface area contributed by atoms with Crippen LogP contribution in [0, 0.1) is 5.41 Å². The normalized spacial score (nSPS) is 23.4. The molecule has 116 valence electrons. The Morgan fingerprint density at radius 1 is 1.20 bits per heavy atom. The third-order valence-corrected chi connectivity index (χ3v) is 4.88. The van der Waals surface area contributed by atoms with Gasteiger partial charge in [0.1, 0.15) is 0 Å². The molecule has 1 fully saturated rings. The average Bonchev–Trinajstić information content (AvgIpc) is 2.44. The highest BCUT2D eigenvalue weighted by Gasteiger charge is 2.39. The molecule has 0 heterocycles. The minimum atomic E-state index is -0.981. The number of carbonyl (C=O) groups excluding carboxylic acids is 1. The largest absolute Gasteiger partial charge is 0.481 e. The van der Waals surface area contributed by atoms with Crippen molar-refractivity contribution in [3.63, 3.8) is 0 Å². The molecule has 2 atom stereocenters. The lowest BCUT2D eigenvalue weighted by molar-refractivity contribution is -0.155. The fourth-order valence-electron chi connectivity index (χ4n) is 3.02. The number of carboxylic acid groups (broad SMARTS) is 1. The standard InChI is InChI=1S/C15H27NO4/c1-4-15(5-2,14(19)20)10-13(18)16(3)11-8-6-7-9-12(11)17/h11-12,17H,4-10H2,1-3H3,(H,19,20). The van der Waals surface area contributed by atoms with Crippen LogP contribution in [0.15, 0.2) is 0 Å². The number of likely N-dealkylation sites (N-methyl/N-ethyl adjacent to an activating group) is 1. The second-order valence-electron chi connectivity index (χ2n) is 5.89. The van der Waals surface area contributed by atoms with E-state index in [1.807, 2.05) is 0 Å². The number of hydrogen-bond donors (Lipinski definition) is 2. The van der Waals surface area contributed by atoms with E-state index in [-0.39, 0.29) is 18.4 Å². The van der Waals surface area contributed by atoms with Crippen LogP contribution >= 0.6 is 0 Å². The number of amides is 1. The number of hydrogen-bond acceptors (Lipinski definition) is 3. The van der Waals surface area contributed by atoms with E-state index in [1.165, 1.54) is 0 Å². The van der Waals surface area contributed by atoms with Crippen LogP contribution in [0.3, 0.4) is 0 Å². The highest BCUT2D eigenvalue weighted by Crippen LogP contribution is 2.32. The maximum atomic E-state index is 12.4. The van der Waals surface area contributed by atoms with Crippen molar-refractivity contribution in [3.8, 4) is 0 Å². The summed E-state index contributed by atoms with van der Waals surface area (Å²) in [5.74, 6) is -1.09. The van der Waals surface area contributed by atoms with Crippen LogP contribution in [0.2, 0.25) is 0 Å². The first-order chi connectivity index (χ1) is 9.38. The molecule has 0 aliphatic heterocycles. The van der Waals surface area contributed by atoms with Crippen molar-refractivity contribution >= 4 is 11.9 Å². The van der Waals surface area contributed by atoms with Gasteiger partial charge in [-0.15, -0.1) is 0 Å². The fraction of sp³-hybridized carbons (Fsp3) is 0.867. The van der Waals surface area contributed by atoms with Crippen LogP contribution < -0.4 is 0 Å². The van der Waals surface area contributed by atoms with Gasteiger partial charge in [0.2, 0.25) is 5.91 Å². The average molecular weight is 285 g/mol. The SMILES string of the molecule is CCC(CC)(CC(=O)N(C)C1CCCCC1O)C(=O)O. The lowest BCUT2D eigenvalue weighted by Gasteiger charge is -2.37. The fourth-order valence-corrected chi connectivity index (χ4v) is 3.02. The van der Waals surface area contributed by atoms with Crippen LogP contribution in [0.1, 0.15) is 58.8 Å². The smallest absolute Gasteiger partial charge is 0.310 e. The van der Waals surface area contributed by atoms with Gasteiger partial charge in [-0.25, -0.2) is 0 Å². The van der Waals surface area contributed by atoms with Crippen molar-refractivity contribution in [2.24, 2.45) is 5.41 Å². The first-order valence-corrected chi connectivity index (χ1v) is 7.55. The summed E-state index contributed by atoms with van der Waals surface area (Å²) in [6.45, 7) is 3.61. The minimum Gasteiger partial charge on any atom is -0.481 e. The molecule has 0 aromatic carbocycles. The minimum absolute atomic E-state index is 0.00898. The Hall–Kier alpha value is -1.10. The topological polar surface area (TPSA) is 77.8 Å². The highest BCUT2D eigenvalue weighted by atomic mass is 16.4. The molecule has 20 heavy (non-hydrogen) atoms. The molecule has 0 spiro atoms. The number of carboxylic acids is 1. The predicted molar refractivity (Wildman–Crippen MR) is 76.3 cm³/mol. The first kappa shape index (κ1) is 17.0. The molecule has 0 radical (unpaired) electrons. The maximum Gasteiger partial charge on any atom is 0.310 e. The lowest BCUT2D eigenvalue weighted by atomic mass is 9.78. The van der Waals surface area contributed by atoms with E-state index in [0.717, 1.165) is 19.3 Å². The van der Waals surface area contributed by atoms with Crippen molar-refractivity contribution in [2.75, 3.05) is 7.05 Å². The van der Waals surface area contributed by atoms with E-state index < -0.39 is 17.5 Å². The zero-order valence-corrected chi connectivity index (χ0v) is 12.8. The zero-order valence-electron chi connectivity index (χ0n) is 12.8.